The van der Waals surface area contributed by atoms with Crippen molar-refractivity contribution in [3.8, 4) is 0 Å². The highest BCUT2D eigenvalue weighted by atomic mass is 16.8. The Morgan fingerprint density at radius 2 is 1.24 bits per heavy atom. The number of hydrogen-bond donors (Lipinski definition) is 12. The van der Waals surface area contributed by atoms with E-state index >= 15 is 0 Å². The second-order valence-corrected chi connectivity index (χ2v) is 26.0. The van der Waals surface area contributed by atoms with Gasteiger partial charge in [-0.1, -0.05) is 46.3 Å². The zero-order chi connectivity index (χ0) is 57.9. The fourth-order valence-corrected chi connectivity index (χ4v) is 16.7. The van der Waals surface area contributed by atoms with E-state index in [0.717, 1.165) is 20.0 Å². The fourth-order valence-electron chi connectivity index (χ4n) is 16.7. The van der Waals surface area contributed by atoms with Gasteiger partial charge in [-0.3, -0.25) is 4.79 Å². The summed E-state index contributed by atoms with van der Waals surface area (Å²) in [5.41, 5.74) is -2.38. The molecule has 30 atom stereocenters. The molecular formula is C55H88O24. The Morgan fingerprint density at radius 1 is 0.608 bits per heavy atom. The minimum Gasteiger partial charge on any atom is -0.469 e. The number of aliphatic hydroxyl groups is 12. The van der Waals surface area contributed by atoms with Gasteiger partial charge in [0, 0.05) is 10.8 Å². The Morgan fingerprint density at radius 3 is 1.89 bits per heavy atom. The van der Waals surface area contributed by atoms with Gasteiger partial charge in [0.05, 0.1) is 57.8 Å². The molecule has 4 aliphatic heterocycles. The Labute approximate surface area is 460 Å². The van der Waals surface area contributed by atoms with Crippen LogP contribution in [0.25, 0.3) is 0 Å². The molecule has 0 aromatic carbocycles. The average Bonchev–Trinajstić information content (AvgIpc) is 3.42. The maximum atomic E-state index is 13.8. The highest BCUT2D eigenvalue weighted by Crippen LogP contribution is 2.76. The first kappa shape index (κ1) is 61.4. The Kier molecular flexibility index (Phi) is 17.4. The molecule has 30 unspecified atom stereocenters. The fraction of sp³-hybridized carbons (Fsp3) is 0.927. The number of rotatable bonds is 12. The number of ether oxygens (including phenoxy) is 10. The molecule has 0 amide bonds. The predicted molar refractivity (Wildman–Crippen MR) is 268 cm³/mol. The van der Waals surface area contributed by atoms with Crippen molar-refractivity contribution in [1.29, 1.82) is 0 Å². The summed E-state index contributed by atoms with van der Waals surface area (Å²) in [7, 11) is 2.44. The van der Waals surface area contributed by atoms with Gasteiger partial charge >= 0.3 is 11.9 Å². The summed E-state index contributed by atoms with van der Waals surface area (Å²) in [5, 5.41) is 131. The highest BCUT2D eigenvalue weighted by molar-refractivity contribution is 5.77. The van der Waals surface area contributed by atoms with Crippen molar-refractivity contribution in [3.05, 3.63) is 11.6 Å². The van der Waals surface area contributed by atoms with E-state index < -0.39 is 163 Å². The summed E-state index contributed by atoms with van der Waals surface area (Å²) in [6.45, 7) is 12.9. The molecule has 452 valence electrons. The van der Waals surface area contributed by atoms with E-state index in [0.29, 0.717) is 38.5 Å². The predicted octanol–water partition coefficient (Wildman–Crippen LogP) is -1.59. The van der Waals surface area contributed by atoms with E-state index in [1.54, 1.807) is 0 Å². The van der Waals surface area contributed by atoms with Crippen molar-refractivity contribution in [2.24, 2.45) is 50.2 Å². The van der Waals surface area contributed by atoms with E-state index in [1.165, 1.54) is 19.6 Å². The van der Waals surface area contributed by atoms with Crippen LogP contribution in [-0.4, -0.2) is 236 Å². The summed E-state index contributed by atoms with van der Waals surface area (Å²) >= 11 is 0. The maximum Gasteiger partial charge on any atom is 0.337 e. The monoisotopic (exact) mass is 1130 g/mol. The van der Waals surface area contributed by atoms with Crippen molar-refractivity contribution in [3.63, 3.8) is 0 Å². The Bertz CT molecular complexity index is 2220. The van der Waals surface area contributed by atoms with Crippen LogP contribution in [0.15, 0.2) is 11.6 Å². The standard InChI is InChI=1S/C55H88O24/c1-23-32(59)35(62)40(67)46(73-23)78-42-36(63)34(61)27(20-56)74-47(42)79-43-38(65)37(64)41(44(68)70-8)77-48(43)75-30-13-14-52(4)28(53(30,5)22-57)12-15-55(7)29(52)11-10-24-25-18-50(2,49(69)71-9)19-31(51(25,3)16-17-54(24,55)6)76-45-39(66)33(60)26(58)21-72-45/h10,23,25-43,45-48,56-67H,11-22H2,1-9H3. The molecule has 8 fully saturated rings. The molecule has 4 saturated carbocycles. The quantitative estimate of drug-likeness (QED) is 0.0595. The zero-order valence-corrected chi connectivity index (χ0v) is 46.7. The lowest BCUT2D eigenvalue weighted by atomic mass is 9.33. The third-order valence-corrected chi connectivity index (χ3v) is 21.9. The van der Waals surface area contributed by atoms with Crippen LogP contribution in [0.2, 0.25) is 0 Å². The van der Waals surface area contributed by atoms with Gasteiger partial charge in [-0.2, -0.15) is 0 Å². The first-order chi connectivity index (χ1) is 37.0. The van der Waals surface area contributed by atoms with Gasteiger partial charge in [-0.15, -0.1) is 0 Å². The van der Waals surface area contributed by atoms with Gasteiger partial charge in [-0.25, -0.2) is 4.79 Å². The number of hydrogen-bond acceptors (Lipinski definition) is 24. The molecule has 24 heteroatoms. The third-order valence-electron chi connectivity index (χ3n) is 21.9. The number of aliphatic hydroxyl groups excluding tert-OH is 12. The molecule has 12 N–H and O–H groups in total. The lowest BCUT2D eigenvalue weighted by Gasteiger charge is -2.72. The molecule has 9 rings (SSSR count). The van der Waals surface area contributed by atoms with Gasteiger partial charge < -0.3 is 109 Å². The SMILES string of the molecule is COC(=O)C1OC(OC2CCC3(C)C(CCC4(C)C3CC=C3C5CC(C)(C(=O)OC)CC(OC6OCC(O)C(O)C6O)C5(C)CCC34C)C2(C)CO)C(OC2OC(CO)C(O)C(O)C2OC2OC(C)C(O)C(O)C2O)C(O)C1O. The molecule has 5 aliphatic carbocycles. The second-order valence-electron chi connectivity index (χ2n) is 26.0. The first-order valence-corrected chi connectivity index (χ1v) is 28.1. The van der Waals surface area contributed by atoms with Crippen LogP contribution in [-0.2, 0) is 57.0 Å². The van der Waals surface area contributed by atoms with Crippen LogP contribution in [0.4, 0.5) is 0 Å². The van der Waals surface area contributed by atoms with Gasteiger partial charge in [-0.05, 0) is 106 Å². The highest BCUT2D eigenvalue weighted by Gasteiger charge is 2.71. The largest absolute Gasteiger partial charge is 0.469 e. The number of esters is 2. The molecule has 0 radical (unpaired) electrons. The summed E-state index contributed by atoms with van der Waals surface area (Å²) in [6, 6.07) is 0. The van der Waals surface area contributed by atoms with E-state index in [2.05, 4.69) is 33.8 Å². The molecule has 0 bridgehead atoms. The zero-order valence-electron chi connectivity index (χ0n) is 46.7. The molecule has 0 aromatic heterocycles. The van der Waals surface area contributed by atoms with Crippen molar-refractivity contribution in [2.45, 2.75) is 235 Å². The van der Waals surface area contributed by atoms with E-state index in [9.17, 15) is 70.9 Å². The summed E-state index contributed by atoms with van der Waals surface area (Å²) in [4.78, 5) is 27.0. The van der Waals surface area contributed by atoms with Gasteiger partial charge in [0.15, 0.2) is 31.3 Å². The van der Waals surface area contributed by atoms with Crippen LogP contribution >= 0.6 is 0 Å². The molecular weight excluding hydrogens is 1040 g/mol. The van der Waals surface area contributed by atoms with Crippen LogP contribution in [0, 0.1) is 50.2 Å². The second kappa shape index (κ2) is 22.4. The minimum atomic E-state index is -2.01. The Hall–Kier alpha value is -2.12. The molecule has 24 nitrogen and oxygen atoms in total. The van der Waals surface area contributed by atoms with E-state index in [-0.39, 0.29) is 54.2 Å². The number of methoxy groups -OCH3 is 2. The minimum absolute atomic E-state index is 0.0772. The van der Waals surface area contributed by atoms with E-state index in [4.69, 9.17) is 47.4 Å². The first-order valence-electron chi connectivity index (χ1n) is 28.1. The molecule has 9 aliphatic rings. The number of carbonyl (C=O) groups is 2. The molecule has 79 heavy (non-hydrogen) atoms. The van der Waals surface area contributed by atoms with Crippen LogP contribution < -0.4 is 0 Å². The normalized spacial score (nSPS) is 54.7. The molecule has 4 saturated heterocycles. The topological polar surface area (TPSA) is 369 Å². The molecule has 0 aromatic rings. The number of fused-ring (bicyclic) bond motifs is 7. The summed E-state index contributed by atoms with van der Waals surface area (Å²) < 4.78 is 59.6. The maximum absolute atomic E-state index is 13.8. The summed E-state index contributed by atoms with van der Waals surface area (Å²) in [6.07, 6.45) is -25.6. The van der Waals surface area contributed by atoms with Crippen molar-refractivity contribution in [1.82, 2.24) is 0 Å². The lowest BCUT2D eigenvalue weighted by Crippen LogP contribution is -2.68. The third kappa shape index (κ3) is 9.87. The van der Waals surface area contributed by atoms with Crippen molar-refractivity contribution in [2.75, 3.05) is 34.0 Å². The van der Waals surface area contributed by atoms with Gasteiger partial charge in [0.1, 0.15) is 79.4 Å². The number of allylic oxidation sites excluding steroid dienone is 2. The van der Waals surface area contributed by atoms with E-state index in [1.807, 2.05) is 13.8 Å². The summed E-state index contributed by atoms with van der Waals surface area (Å²) in [5.74, 6) is -1.70. The van der Waals surface area contributed by atoms with Crippen LogP contribution in [0.3, 0.4) is 0 Å². The van der Waals surface area contributed by atoms with Crippen molar-refractivity contribution >= 4 is 11.9 Å². The molecule has 0 spiro atoms. The lowest BCUT2D eigenvalue weighted by molar-refractivity contribution is -0.396. The Balaban J connectivity index is 1.00. The van der Waals surface area contributed by atoms with Crippen LogP contribution in [0.5, 0.6) is 0 Å². The van der Waals surface area contributed by atoms with Crippen molar-refractivity contribution < 1.29 is 118 Å². The van der Waals surface area contributed by atoms with Gasteiger partial charge in [0.2, 0.25) is 0 Å². The molecule has 4 heterocycles. The number of carbonyl (C=O) groups excluding carboxylic acids is 2. The van der Waals surface area contributed by atoms with Crippen LogP contribution in [0.1, 0.15) is 106 Å². The average molecular weight is 1130 g/mol. The van der Waals surface area contributed by atoms with Gasteiger partial charge in [0.25, 0.3) is 0 Å². The smallest absolute Gasteiger partial charge is 0.337 e.